The van der Waals surface area contributed by atoms with Gasteiger partial charge in [0.15, 0.2) is 11.5 Å². The van der Waals surface area contributed by atoms with Gasteiger partial charge in [-0.2, -0.15) is 5.26 Å². The standard InChI is InChI=1S/C32H26ClIN2O4/c1-21-3-5-22(6-4-21)20-40-31-29(34)16-24(17-30(31)38-2)15-25(18-35)32(37)36-27-11-13-28(14-12-27)39-19-23-7-9-26(33)10-8-23/h3-17H,19-20H2,1-2H3,(H,36,37)/b25-15+. The second kappa shape index (κ2) is 13.9. The molecule has 0 radical (unpaired) electrons. The highest BCUT2D eigenvalue weighted by atomic mass is 127. The lowest BCUT2D eigenvalue weighted by molar-refractivity contribution is -0.112. The third-order valence-electron chi connectivity index (χ3n) is 5.86. The number of benzene rings is 4. The molecule has 0 saturated carbocycles. The van der Waals surface area contributed by atoms with Crippen LogP contribution >= 0.6 is 34.2 Å². The lowest BCUT2D eigenvalue weighted by Gasteiger charge is -2.14. The van der Waals surface area contributed by atoms with Crippen molar-refractivity contribution in [2.24, 2.45) is 0 Å². The van der Waals surface area contributed by atoms with Crippen molar-refractivity contribution in [3.63, 3.8) is 0 Å². The molecule has 0 saturated heterocycles. The number of hydrogen-bond acceptors (Lipinski definition) is 5. The van der Waals surface area contributed by atoms with Gasteiger partial charge in [-0.05, 0) is 101 Å². The van der Waals surface area contributed by atoms with Crippen LogP contribution < -0.4 is 19.5 Å². The third-order valence-corrected chi connectivity index (χ3v) is 6.92. The van der Waals surface area contributed by atoms with Crippen LogP contribution in [-0.2, 0) is 18.0 Å². The summed E-state index contributed by atoms with van der Waals surface area (Å²) < 4.78 is 18.2. The molecule has 0 atom stereocenters. The van der Waals surface area contributed by atoms with Crippen LogP contribution in [-0.4, -0.2) is 13.0 Å². The fraction of sp³-hybridized carbons (Fsp3) is 0.125. The second-order valence-corrected chi connectivity index (χ2v) is 10.5. The highest BCUT2D eigenvalue weighted by molar-refractivity contribution is 14.1. The number of ether oxygens (including phenoxy) is 3. The first-order chi connectivity index (χ1) is 19.3. The van der Waals surface area contributed by atoms with Crippen LogP contribution in [0.5, 0.6) is 17.2 Å². The van der Waals surface area contributed by atoms with Gasteiger partial charge in [-0.25, -0.2) is 0 Å². The number of nitrogens with zero attached hydrogens (tertiary/aromatic N) is 1. The van der Waals surface area contributed by atoms with Crippen molar-refractivity contribution in [2.75, 3.05) is 12.4 Å². The molecule has 0 aliphatic carbocycles. The predicted molar refractivity (Wildman–Crippen MR) is 166 cm³/mol. The summed E-state index contributed by atoms with van der Waals surface area (Å²) in [5.74, 6) is 1.24. The third kappa shape index (κ3) is 8.01. The van der Waals surface area contributed by atoms with E-state index in [4.69, 9.17) is 25.8 Å². The molecule has 0 heterocycles. The van der Waals surface area contributed by atoms with Gasteiger partial charge in [0.05, 0.1) is 10.7 Å². The Hall–Kier alpha value is -4.00. The Morgan fingerprint density at radius 3 is 2.20 bits per heavy atom. The van der Waals surface area contributed by atoms with Crippen molar-refractivity contribution in [1.29, 1.82) is 5.26 Å². The normalized spacial score (nSPS) is 10.9. The van der Waals surface area contributed by atoms with Crippen LogP contribution in [0.4, 0.5) is 5.69 Å². The summed E-state index contributed by atoms with van der Waals surface area (Å²) in [6.07, 6.45) is 1.52. The Labute approximate surface area is 252 Å². The number of carbonyl (C=O) groups excluding carboxylic acids is 1. The number of aryl methyl sites for hydroxylation is 1. The molecule has 6 nitrogen and oxygen atoms in total. The first-order valence-electron chi connectivity index (χ1n) is 12.3. The summed E-state index contributed by atoms with van der Waals surface area (Å²) >= 11 is 8.07. The number of nitriles is 1. The van der Waals surface area contributed by atoms with E-state index < -0.39 is 5.91 Å². The van der Waals surface area contributed by atoms with Gasteiger partial charge < -0.3 is 19.5 Å². The molecular weight excluding hydrogens is 639 g/mol. The maximum Gasteiger partial charge on any atom is 0.266 e. The minimum Gasteiger partial charge on any atom is -0.493 e. The fourth-order valence-corrected chi connectivity index (χ4v) is 4.61. The van der Waals surface area contributed by atoms with Crippen molar-refractivity contribution in [3.8, 4) is 23.3 Å². The van der Waals surface area contributed by atoms with E-state index in [-0.39, 0.29) is 5.57 Å². The van der Waals surface area contributed by atoms with Crippen LogP contribution in [0.2, 0.25) is 5.02 Å². The molecule has 0 aromatic heterocycles. The molecule has 0 unspecified atom stereocenters. The molecule has 4 aromatic carbocycles. The summed E-state index contributed by atoms with van der Waals surface area (Å²) in [7, 11) is 1.55. The Morgan fingerprint density at radius 1 is 0.950 bits per heavy atom. The minimum atomic E-state index is -0.522. The van der Waals surface area contributed by atoms with E-state index in [1.165, 1.54) is 11.6 Å². The summed E-state index contributed by atoms with van der Waals surface area (Å²) in [5, 5.41) is 13.1. The van der Waals surface area contributed by atoms with Crippen LogP contribution in [0.25, 0.3) is 6.08 Å². The van der Waals surface area contributed by atoms with Crippen molar-refractivity contribution in [2.45, 2.75) is 20.1 Å². The molecule has 40 heavy (non-hydrogen) atoms. The lowest BCUT2D eigenvalue weighted by atomic mass is 10.1. The van der Waals surface area contributed by atoms with Crippen LogP contribution in [0.3, 0.4) is 0 Å². The predicted octanol–water partition coefficient (Wildman–Crippen LogP) is 7.97. The average molecular weight is 665 g/mol. The van der Waals surface area contributed by atoms with Crippen molar-refractivity contribution >= 4 is 51.9 Å². The van der Waals surface area contributed by atoms with Crippen LogP contribution in [0.1, 0.15) is 22.3 Å². The Balaban J connectivity index is 1.41. The maximum absolute atomic E-state index is 12.9. The van der Waals surface area contributed by atoms with Gasteiger partial charge in [-0.1, -0.05) is 53.6 Å². The summed E-state index contributed by atoms with van der Waals surface area (Å²) in [4.78, 5) is 12.9. The van der Waals surface area contributed by atoms with E-state index >= 15 is 0 Å². The first-order valence-corrected chi connectivity index (χ1v) is 13.8. The number of nitrogens with one attached hydrogen (secondary N) is 1. The number of hydrogen-bond donors (Lipinski definition) is 1. The zero-order valence-electron chi connectivity index (χ0n) is 21.9. The molecule has 0 aliphatic rings. The van der Waals surface area contributed by atoms with Gasteiger partial charge in [0.25, 0.3) is 5.91 Å². The molecule has 0 fully saturated rings. The fourth-order valence-electron chi connectivity index (χ4n) is 3.70. The Bertz CT molecular complexity index is 1540. The van der Waals surface area contributed by atoms with E-state index in [1.54, 1.807) is 37.4 Å². The number of rotatable bonds is 10. The number of carbonyl (C=O) groups is 1. The molecule has 4 rings (SSSR count). The molecule has 1 N–H and O–H groups in total. The van der Waals surface area contributed by atoms with E-state index in [0.717, 1.165) is 14.7 Å². The number of methoxy groups -OCH3 is 1. The van der Waals surface area contributed by atoms with E-state index in [0.29, 0.717) is 46.7 Å². The second-order valence-electron chi connectivity index (χ2n) is 8.87. The Morgan fingerprint density at radius 2 is 1.57 bits per heavy atom. The van der Waals surface area contributed by atoms with Crippen molar-refractivity contribution in [1.82, 2.24) is 0 Å². The van der Waals surface area contributed by atoms with Gasteiger partial charge >= 0.3 is 0 Å². The topological polar surface area (TPSA) is 80.6 Å². The molecule has 0 aliphatic heterocycles. The summed E-state index contributed by atoms with van der Waals surface area (Å²) in [6, 6.07) is 28.0. The quantitative estimate of drug-likeness (QED) is 0.106. The van der Waals surface area contributed by atoms with Gasteiger partial charge in [0, 0.05) is 10.7 Å². The van der Waals surface area contributed by atoms with Crippen LogP contribution in [0.15, 0.2) is 90.5 Å². The van der Waals surface area contributed by atoms with E-state index in [2.05, 4.69) is 27.9 Å². The van der Waals surface area contributed by atoms with Gasteiger partial charge in [-0.15, -0.1) is 0 Å². The monoisotopic (exact) mass is 664 g/mol. The molecular formula is C32H26ClIN2O4. The zero-order valence-corrected chi connectivity index (χ0v) is 24.8. The van der Waals surface area contributed by atoms with E-state index in [1.807, 2.05) is 67.6 Å². The smallest absolute Gasteiger partial charge is 0.266 e. The number of anilines is 1. The van der Waals surface area contributed by atoms with Gasteiger partial charge in [0.1, 0.15) is 30.6 Å². The highest BCUT2D eigenvalue weighted by Gasteiger charge is 2.14. The average Bonchev–Trinajstić information content (AvgIpc) is 2.96. The summed E-state index contributed by atoms with van der Waals surface area (Å²) in [6.45, 7) is 2.82. The number of amides is 1. The SMILES string of the molecule is COc1cc(/C=C(\C#N)C(=O)Nc2ccc(OCc3ccc(Cl)cc3)cc2)cc(I)c1OCc1ccc(C)cc1. The van der Waals surface area contributed by atoms with E-state index in [9.17, 15) is 10.1 Å². The minimum absolute atomic E-state index is 0.0470. The number of halogens is 2. The molecule has 8 heteroatoms. The van der Waals surface area contributed by atoms with Crippen molar-refractivity contribution < 1.29 is 19.0 Å². The van der Waals surface area contributed by atoms with Gasteiger partial charge in [0.2, 0.25) is 0 Å². The van der Waals surface area contributed by atoms with Crippen molar-refractivity contribution in [3.05, 3.63) is 121 Å². The zero-order chi connectivity index (χ0) is 28.5. The molecule has 0 spiro atoms. The van der Waals surface area contributed by atoms with Crippen LogP contribution in [0, 0.1) is 21.8 Å². The largest absolute Gasteiger partial charge is 0.493 e. The highest BCUT2D eigenvalue weighted by Crippen LogP contribution is 2.35. The molecule has 202 valence electrons. The first kappa shape index (κ1) is 29.0. The summed E-state index contributed by atoms with van der Waals surface area (Å²) in [5.41, 5.74) is 4.34. The maximum atomic E-state index is 12.9. The molecule has 0 bridgehead atoms. The Kier molecular flexibility index (Phi) is 10.1. The lowest BCUT2D eigenvalue weighted by Crippen LogP contribution is -2.13. The van der Waals surface area contributed by atoms with Gasteiger partial charge in [-0.3, -0.25) is 4.79 Å². The molecule has 4 aromatic rings. The molecule has 1 amide bonds.